The first-order valence-corrected chi connectivity index (χ1v) is 10.2. The molecule has 2 fully saturated rings. The fraction of sp³-hybridized carbons (Fsp3) is 0.650. The molecule has 27 heavy (non-hydrogen) atoms. The van der Waals surface area contributed by atoms with Crippen LogP contribution in [-0.4, -0.2) is 55.2 Å². The number of nitrogens with one attached hydrogen (secondary N) is 2. The number of nitrogens with zero attached hydrogens (tertiary/aromatic N) is 1. The molecule has 0 aromatic heterocycles. The molecular weight excluding hydrogens is 369 g/mol. The Bertz CT molecular complexity index is 646. The van der Waals surface area contributed by atoms with Crippen LogP contribution < -0.4 is 10.6 Å². The Morgan fingerprint density at radius 2 is 2.00 bits per heavy atom. The predicted octanol–water partition coefficient (Wildman–Crippen LogP) is 3.43. The molecular formula is C20H29ClFN3O2. The molecule has 2 aliphatic rings. The third-order valence-electron chi connectivity index (χ3n) is 5.79. The number of anilines is 1. The molecule has 1 aliphatic carbocycles. The van der Waals surface area contributed by atoms with Crippen molar-refractivity contribution in [3.05, 3.63) is 29.0 Å². The molecule has 1 amide bonds. The van der Waals surface area contributed by atoms with Crippen LogP contribution in [0.4, 0.5) is 10.1 Å². The van der Waals surface area contributed by atoms with Gasteiger partial charge >= 0.3 is 0 Å². The van der Waals surface area contributed by atoms with Crippen LogP contribution >= 0.6 is 11.6 Å². The number of benzene rings is 1. The van der Waals surface area contributed by atoms with Crippen molar-refractivity contribution in [1.29, 1.82) is 0 Å². The highest BCUT2D eigenvalue weighted by Gasteiger charge is 2.38. The number of carbonyl (C=O) groups excluding carboxylic acids is 1. The maximum Gasteiger partial charge on any atom is 0.241 e. The first kappa shape index (κ1) is 20.5. The normalized spacial score (nSPS) is 21.6. The summed E-state index contributed by atoms with van der Waals surface area (Å²) in [6, 6.07) is 3.60. The van der Waals surface area contributed by atoms with Crippen molar-refractivity contribution in [1.82, 2.24) is 10.2 Å². The van der Waals surface area contributed by atoms with Crippen LogP contribution in [0.5, 0.6) is 0 Å². The maximum absolute atomic E-state index is 13.2. The van der Waals surface area contributed by atoms with Gasteiger partial charge in [0, 0.05) is 25.2 Å². The van der Waals surface area contributed by atoms with E-state index in [9.17, 15) is 9.18 Å². The van der Waals surface area contributed by atoms with Gasteiger partial charge < -0.3 is 15.4 Å². The van der Waals surface area contributed by atoms with E-state index in [1.54, 1.807) is 0 Å². The van der Waals surface area contributed by atoms with Gasteiger partial charge in [0.15, 0.2) is 0 Å². The third kappa shape index (κ3) is 5.19. The summed E-state index contributed by atoms with van der Waals surface area (Å²) in [5.74, 6) is -0.592. The Morgan fingerprint density at radius 1 is 1.30 bits per heavy atom. The summed E-state index contributed by atoms with van der Waals surface area (Å²) in [7, 11) is 0. The van der Waals surface area contributed by atoms with Crippen LogP contribution in [0.15, 0.2) is 18.2 Å². The number of hydrogen-bond acceptors (Lipinski definition) is 4. The fourth-order valence-electron chi connectivity index (χ4n) is 4.12. The molecule has 7 heteroatoms. The first-order chi connectivity index (χ1) is 13.0. The molecule has 3 rings (SSSR count). The van der Waals surface area contributed by atoms with E-state index in [0.29, 0.717) is 5.69 Å². The highest BCUT2D eigenvalue weighted by molar-refractivity contribution is 6.33. The summed E-state index contributed by atoms with van der Waals surface area (Å²) in [4.78, 5) is 15.1. The number of halogens is 2. The molecule has 5 nitrogen and oxygen atoms in total. The van der Waals surface area contributed by atoms with E-state index in [2.05, 4.69) is 15.5 Å². The molecule has 1 saturated carbocycles. The van der Waals surface area contributed by atoms with Gasteiger partial charge in [0.05, 0.1) is 30.0 Å². The Hall–Kier alpha value is -1.21. The van der Waals surface area contributed by atoms with Gasteiger partial charge in [-0.1, -0.05) is 30.9 Å². The lowest BCUT2D eigenvalue weighted by atomic mass is 9.79. The first-order valence-electron chi connectivity index (χ1n) is 9.82. The van der Waals surface area contributed by atoms with Crippen molar-refractivity contribution in [3.63, 3.8) is 0 Å². The van der Waals surface area contributed by atoms with Gasteiger partial charge in [0.2, 0.25) is 5.91 Å². The Kier molecular flexibility index (Phi) is 7.09. The van der Waals surface area contributed by atoms with Crippen molar-refractivity contribution >= 4 is 23.2 Å². The number of amides is 1. The number of rotatable bonds is 6. The second-order valence-corrected chi connectivity index (χ2v) is 8.01. The van der Waals surface area contributed by atoms with E-state index >= 15 is 0 Å². The van der Waals surface area contributed by atoms with Crippen LogP contribution in [-0.2, 0) is 9.53 Å². The average molecular weight is 398 g/mol. The van der Waals surface area contributed by atoms with Crippen LogP contribution in [0.25, 0.3) is 0 Å². The zero-order valence-corrected chi connectivity index (χ0v) is 16.7. The van der Waals surface area contributed by atoms with Crippen molar-refractivity contribution in [3.8, 4) is 0 Å². The van der Waals surface area contributed by atoms with Crippen LogP contribution in [0, 0.1) is 5.82 Å². The highest BCUT2D eigenvalue weighted by Crippen LogP contribution is 2.34. The van der Waals surface area contributed by atoms with Gasteiger partial charge in [0.25, 0.3) is 0 Å². The van der Waals surface area contributed by atoms with E-state index in [-0.39, 0.29) is 22.5 Å². The molecule has 1 heterocycles. The molecule has 0 radical (unpaired) electrons. The molecule has 0 bridgehead atoms. The smallest absolute Gasteiger partial charge is 0.241 e. The molecule has 0 unspecified atom stereocenters. The van der Waals surface area contributed by atoms with E-state index in [1.807, 2.05) is 6.92 Å². The van der Waals surface area contributed by atoms with Gasteiger partial charge in [0.1, 0.15) is 5.82 Å². The summed E-state index contributed by atoms with van der Waals surface area (Å²) >= 11 is 6.01. The molecule has 1 atom stereocenters. The zero-order chi connectivity index (χ0) is 19.3. The summed E-state index contributed by atoms with van der Waals surface area (Å²) in [6.45, 7) is 6.09. The molecule has 1 aliphatic heterocycles. The Balaban J connectivity index is 1.59. The largest absolute Gasteiger partial charge is 0.379 e. The van der Waals surface area contributed by atoms with E-state index < -0.39 is 5.82 Å². The number of hydrogen-bond donors (Lipinski definition) is 2. The van der Waals surface area contributed by atoms with Gasteiger partial charge in [-0.05, 0) is 38.0 Å². The fourth-order valence-corrected chi connectivity index (χ4v) is 4.33. The highest BCUT2D eigenvalue weighted by atomic mass is 35.5. The van der Waals surface area contributed by atoms with E-state index in [1.165, 1.54) is 37.5 Å². The van der Waals surface area contributed by atoms with Gasteiger partial charge in [-0.2, -0.15) is 0 Å². The van der Waals surface area contributed by atoms with Crippen molar-refractivity contribution in [2.75, 3.05) is 38.2 Å². The minimum atomic E-state index is -0.422. The standard InChI is InChI=1S/C20H29ClFN3O2/c1-15(19(26)24-18-6-5-16(22)13-17(18)21)23-14-20(7-3-2-4-8-20)25-9-11-27-12-10-25/h5-6,13,15,23H,2-4,7-12,14H2,1H3,(H,24,26)/t15-/m0/s1. The summed E-state index contributed by atoms with van der Waals surface area (Å²) in [5, 5.41) is 6.41. The predicted molar refractivity (Wildman–Crippen MR) is 106 cm³/mol. The summed E-state index contributed by atoms with van der Waals surface area (Å²) in [5.41, 5.74) is 0.529. The molecule has 2 N–H and O–H groups in total. The van der Waals surface area contributed by atoms with Crippen molar-refractivity contribution in [2.24, 2.45) is 0 Å². The average Bonchev–Trinajstić information content (AvgIpc) is 2.69. The monoisotopic (exact) mass is 397 g/mol. The van der Waals surface area contributed by atoms with Crippen LogP contribution in [0.2, 0.25) is 5.02 Å². The Morgan fingerprint density at radius 3 is 2.67 bits per heavy atom. The lowest BCUT2D eigenvalue weighted by Gasteiger charge is -2.48. The van der Waals surface area contributed by atoms with Gasteiger partial charge in [-0.25, -0.2) is 4.39 Å². The van der Waals surface area contributed by atoms with E-state index in [0.717, 1.165) is 45.7 Å². The lowest BCUT2D eigenvalue weighted by Crippen LogP contribution is -2.60. The van der Waals surface area contributed by atoms with Crippen LogP contribution in [0.3, 0.4) is 0 Å². The number of ether oxygens (including phenoxy) is 1. The molecule has 1 aromatic rings. The SMILES string of the molecule is C[C@H](NCC1(N2CCOCC2)CCCCC1)C(=O)Nc1ccc(F)cc1Cl. The van der Waals surface area contributed by atoms with E-state index in [4.69, 9.17) is 16.3 Å². The second kappa shape index (κ2) is 9.32. The molecule has 1 aromatic carbocycles. The zero-order valence-electron chi connectivity index (χ0n) is 15.9. The molecule has 150 valence electrons. The van der Waals surface area contributed by atoms with Crippen molar-refractivity contribution in [2.45, 2.75) is 50.6 Å². The lowest BCUT2D eigenvalue weighted by molar-refractivity contribution is -0.118. The number of morpholine rings is 1. The second-order valence-electron chi connectivity index (χ2n) is 7.60. The number of carbonyl (C=O) groups is 1. The minimum absolute atomic E-state index is 0.101. The van der Waals surface area contributed by atoms with Gasteiger partial charge in [-0.15, -0.1) is 0 Å². The van der Waals surface area contributed by atoms with Crippen molar-refractivity contribution < 1.29 is 13.9 Å². The minimum Gasteiger partial charge on any atom is -0.379 e. The summed E-state index contributed by atoms with van der Waals surface area (Å²) in [6.07, 6.45) is 6.04. The topological polar surface area (TPSA) is 53.6 Å². The molecule has 0 spiro atoms. The maximum atomic E-state index is 13.2. The summed E-state index contributed by atoms with van der Waals surface area (Å²) < 4.78 is 18.7. The Labute approximate surface area is 165 Å². The van der Waals surface area contributed by atoms with Crippen LogP contribution in [0.1, 0.15) is 39.0 Å². The quantitative estimate of drug-likeness (QED) is 0.772. The third-order valence-corrected chi connectivity index (χ3v) is 6.10. The van der Waals surface area contributed by atoms with Gasteiger partial charge in [-0.3, -0.25) is 9.69 Å². The molecule has 1 saturated heterocycles.